The minimum atomic E-state index is -3.56. The van der Waals surface area contributed by atoms with Gasteiger partial charge in [0.15, 0.2) is 0 Å². The van der Waals surface area contributed by atoms with E-state index in [9.17, 15) is 13.5 Å². The van der Waals surface area contributed by atoms with Crippen molar-refractivity contribution in [2.75, 3.05) is 6.54 Å². The van der Waals surface area contributed by atoms with Crippen molar-refractivity contribution in [3.05, 3.63) is 52.4 Å². The first kappa shape index (κ1) is 16.2. The topological polar surface area (TPSA) is 66.4 Å². The lowest BCUT2D eigenvalue weighted by atomic mass is 10.0. The van der Waals surface area contributed by atoms with Crippen LogP contribution in [0.1, 0.15) is 29.0 Å². The van der Waals surface area contributed by atoms with E-state index in [2.05, 4.69) is 4.72 Å². The van der Waals surface area contributed by atoms with E-state index in [0.717, 1.165) is 22.4 Å². The van der Waals surface area contributed by atoms with Crippen LogP contribution >= 0.6 is 11.3 Å². The molecule has 2 N–H and O–H groups in total. The Hall–Kier alpha value is -1.21. The lowest BCUT2D eigenvalue weighted by Crippen LogP contribution is -2.28. The van der Waals surface area contributed by atoms with Gasteiger partial charge >= 0.3 is 0 Å². The summed E-state index contributed by atoms with van der Waals surface area (Å²) in [4.78, 5) is 1.02. The maximum Gasteiger partial charge on any atom is 0.250 e. The quantitative estimate of drug-likeness (QED) is 0.858. The smallest absolute Gasteiger partial charge is 0.250 e. The van der Waals surface area contributed by atoms with Gasteiger partial charge in [-0.05, 0) is 36.6 Å². The third-order valence-electron chi connectivity index (χ3n) is 3.26. The Bertz CT molecular complexity index is 707. The molecule has 1 aromatic heterocycles. The fourth-order valence-electron chi connectivity index (χ4n) is 2.02. The minimum Gasteiger partial charge on any atom is -0.387 e. The number of benzene rings is 1. The molecule has 21 heavy (non-hydrogen) atoms. The second kappa shape index (κ2) is 6.70. The van der Waals surface area contributed by atoms with Crippen molar-refractivity contribution < 1.29 is 13.5 Å². The Balaban J connectivity index is 2.06. The summed E-state index contributed by atoms with van der Waals surface area (Å²) in [6, 6.07) is 10.8. The van der Waals surface area contributed by atoms with Crippen LogP contribution in [0.2, 0.25) is 0 Å². The number of thiophene rings is 1. The highest BCUT2D eigenvalue weighted by molar-refractivity contribution is 7.91. The molecule has 0 saturated heterocycles. The van der Waals surface area contributed by atoms with Crippen LogP contribution in [0.3, 0.4) is 0 Å². The van der Waals surface area contributed by atoms with Crippen molar-refractivity contribution >= 4 is 21.4 Å². The van der Waals surface area contributed by atoms with E-state index < -0.39 is 16.1 Å². The SMILES string of the molecule is CCc1ccc(S(=O)(=O)NCC(O)c2ccccc2C)s1. The van der Waals surface area contributed by atoms with Gasteiger partial charge < -0.3 is 5.11 Å². The maximum atomic E-state index is 12.2. The van der Waals surface area contributed by atoms with Crippen LogP contribution in [-0.4, -0.2) is 20.1 Å². The molecule has 114 valence electrons. The van der Waals surface area contributed by atoms with Gasteiger partial charge in [0, 0.05) is 11.4 Å². The van der Waals surface area contributed by atoms with Gasteiger partial charge in [0.25, 0.3) is 0 Å². The zero-order valence-corrected chi connectivity index (χ0v) is 13.7. The van der Waals surface area contributed by atoms with Gasteiger partial charge in [-0.1, -0.05) is 31.2 Å². The van der Waals surface area contributed by atoms with E-state index >= 15 is 0 Å². The Morgan fingerprint density at radius 1 is 1.24 bits per heavy atom. The third-order valence-corrected chi connectivity index (χ3v) is 6.41. The van der Waals surface area contributed by atoms with Gasteiger partial charge in [-0.15, -0.1) is 11.3 Å². The second-order valence-electron chi connectivity index (χ2n) is 4.80. The zero-order chi connectivity index (χ0) is 15.5. The first-order valence-electron chi connectivity index (χ1n) is 6.76. The molecule has 1 atom stereocenters. The van der Waals surface area contributed by atoms with E-state index in [-0.39, 0.29) is 10.8 Å². The van der Waals surface area contributed by atoms with Crippen LogP contribution in [-0.2, 0) is 16.4 Å². The predicted octanol–water partition coefficient (Wildman–Crippen LogP) is 2.63. The molecule has 1 aromatic carbocycles. The van der Waals surface area contributed by atoms with E-state index in [1.165, 1.54) is 11.3 Å². The molecule has 0 aliphatic carbocycles. The summed E-state index contributed by atoms with van der Waals surface area (Å²) < 4.78 is 27.1. The molecule has 2 rings (SSSR count). The van der Waals surface area contributed by atoms with E-state index in [1.807, 2.05) is 38.1 Å². The average Bonchev–Trinajstić information content (AvgIpc) is 2.95. The lowest BCUT2D eigenvalue weighted by molar-refractivity contribution is 0.181. The highest BCUT2D eigenvalue weighted by Crippen LogP contribution is 2.22. The van der Waals surface area contributed by atoms with Gasteiger partial charge in [0.1, 0.15) is 4.21 Å². The normalized spacial score (nSPS) is 13.3. The Morgan fingerprint density at radius 2 is 1.95 bits per heavy atom. The van der Waals surface area contributed by atoms with Gasteiger partial charge in [0.2, 0.25) is 10.0 Å². The lowest BCUT2D eigenvalue weighted by Gasteiger charge is -2.14. The summed E-state index contributed by atoms with van der Waals surface area (Å²) in [6.07, 6.45) is -0.0435. The molecule has 0 aliphatic heterocycles. The van der Waals surface area contributed by atoms with Crippen molar-refractivity contribution in [3.8, 4) is 0 Å². The van der Waals surface area contributed by atoms with Crippen LogP contribution in [0.15, 0.2) is 40.6 Å². The molecule has 0 bridgehead atoms. The zero-order valence-electron chi connectivity index (χ0n) is 12.0. The number of rotatable bonds is 6. The monoisotopic (exact) mass is 325 g/mol. The van der Waals surface area contributed by atoms with Crippen molar-refractivity contribution in [1.82, 2.24) is 4.72 Å². The Labute approximate surface area is 129 Å². The summed E-state index contributed by atoms with van der Waals surface area (Å²) >= 11 is 1.26. The van der Waals surface area contributed by atoms with Crippen molar-refractivity contribution in [1.29, 1.82) is 0 Å². The number of aliphatic hydroxyl groups is 1. The van der Waals surface area contributed by atoms with Crippen LogP contribution < -0.4 is 4.72 Å². The number of hydrogen-bond donors (Lipinski definition) is 2. The van der Waals surface area contributed by atoms with Crippen molar-refractivity contribution in [2.45, 2.75) is 30.6 Å². The summed E-state index contributed by atoms with van der Waals surface area (Å²) in [6.45, 7) is 3.84. The average molecular weight is 325 g/mol. The van der Waals surface area contributed by atoms with Crippen LogP contribution in [0.5, 0.6) is 0 Å². The Morgan fingerprint density at radius 3 is 2.57 bits per heavy atom. The number of aliphatic hydroxyl groups excluding tert-OH is 1. The first-order chi connectivity index (χ1) is 9.94. The fraction of sp³-hybridized carbons (Fsp3) is 0.333. The number of nitrogens with one attached hydrogen (secondary N) is 1. The third kappa shape index (κ3) is 3.91. The number of aryl methyl sites for hydroxylation is 2. The predicted molar refractivity (Wildman–Crippen MR) is 85.0 cm³/mol. The molecular weight excluding hydrogens is 306 g/mol. The largest absolute Gasteiger partial charge is 0.387 e. The highest BCUT2D eigenvalue weighted by Gasteiger charge is 2.19. The van der Waals surface area contributed by atoms with E-state index in [4.69, 9.17) is 0 Å². The fourth-order valence-corrected chi connectivity index (χ4v) is 4.40. The standard InChI is InChI=1S/C15H19NO3S2/c1-3-12-8-9-15(20-12)21(18,19)16-10-14(17)13-7-5-4-6-11(13)2/h4-9,14,16-17H,3,10H2,1-2H3. The van der Waals surface area contributed by atoms with Crippen LogP contribution in [0.4, 0.5) is 0 Å². The molecular formula is C15H19NO3S2. The number of hydrogen-bond acceptors (Lipinski definition) is 4. The van der Waals surface area contributed by atoms with Gasteiger partial charge in [-0.25, -0.2) is 13.1 Å². The molecule has 1 unspecified atom stereocenters. The van der Waals surface area contributed by atoms with Crippen molar-refractivity contribution in [2.24, 2.45) is 0 Å². The molecule has 0 aliphatic rings. The maximum absolute atomic E-state index is 12.2. The minimum absolute atomic E-state index is 0.0352. The molecule has 4 nitrogen and oxygen atoms in total. The van der Waals surface area contributed by atoms with Crippen LogP contribution in [0, 0.1) is 6.92 Å². The van der Waals surface area contributed by atoms with Gasteiger partial charge in [-0.3, -0.25) is 0 Å². The molecule has 1 heterocycles. The van der Waals surface area contributed by atoms with Gasteiger partial charge in [-0.2, -0.15) is 0 Å². The summed E-state index contributed by atoms with van der Waals surface area (Å²) in [5, 5.41) is 10.1. The first-order valence-corrected chi connectivity index (χ1v) is 9.06. The van der Waals surface area contributed by atoms with Crippen LogP contribution in [0.25, 0.3) is 0 Å². The van der Waals surface area contributed by atoms with E-state index in [0.29, 0.717) is 0 Å². The summed E-state index contributed by atoms with van der Waals surface area (Å²) in [7, 11) is -3.56. The molecule has 0 saturated carbocycles. The highest BCUT2D eigenvalue weighted by atomic mass is 32.2. The molecule has 0 fully saturated rings. The summed E-state index contributed by atoms with van der Waals surface area (Å²) in [5.41, 5.74) is 1.68. The summed E-state index contributed by atoms with van der Waals surface area (Å²) in [5.74, 6) is 0. The second-order valence-corrected chi connectivity index (χ2v) is 7.96. The molecule has 6 heteroatoms. The van der Waals surface area contributed by atoms with Crippen molar-refractivity contribution in [3.63, 3.8) is 0 Å². The molecule has 0 amide bonds. The van der Waals surface area contributed by atoms with Gasteiger partial charge in [0.05, 0.1) is 6.10 Å². The molecule has 0 radical (unpaired) electrons. The molecule has 0 spiro atoms. The molecule has 2 aromatic rings. The number of sulfonamides is 1. The Kier molecular flexibility index (Phi) is 5.16. The van der Waals surface area contributed by atoms with E-state index in [1.54, 1.807) is 12.1 Å².